The van der Waals surface area contributed by atoms with E-state index in [1.165, 1.54) is 19.5 Å². The molecule has 0 aliphatic carbocycles. The molecule has 0 radical (unpaired) electrons. The molecule has 2 rings (SSSR count). The maximum atomic E-state index is 12.9. The van der Waals surface area contributed by atoms with E-state index in [9.17, 15) is 4.39 Å². The molecule has 3 heteroatoms. The van der Waals surface area contributed by atoms with Crippen molar-refractivity contribution < 1.29 is 4.39 Å². The molecule has 0 aromatic rings. The average molecular weight is 200 g/mol. The summed E-state index contributed by atoms with van der Waals surface area (Å²) in [5, 5.41) is 0. The van der Waals surface area contributed by atoms with Crippen molar-refractivity contribution in [2.24, 2.45) is 5.92 Å². The molecule has 0 amide bonds. The zero-order valence-electron chi connectivity index (χ0n) is 9.08. The molecule has 14 heavy (non-hydrogen) atoms. The fourth-order valence-corrected chi connectivity index (χ4v) is 2.50. The van der Waals surface area contributed by atoms with Crippen molar-refractivity contribution in [2.45, 2.75) is 25.9 Å². The average Bonchev–Trinajstić information content (AvgIpc) is 2.72. The van der Waals surface area contributed by atoms with Crippen molar-refractivity contribution in [3.63, 3.8) is 0 Å². The van der Waals surface area contributed by atoms with Crippen LogP contribution in [0.1, 0.15) is 19.8 Å². The monoisotopic (exact) mass is 200 g/mol. The molecule has 0 saturated carbocycles. The van der Waals surface area contributed by atoms with E-state index in [4.69, 9.17) is 0 Å². The smallest absolute Gasteiger partial charge is 0.114 e. The first-order valence-electron chi connectivity index (χ1n) is 5.83. The number of nitrogens with zero attached hydrogens (tertiary/aromatic N) is 2. The Balaban J connectivity index is 1.63. The molecule has 2 aliphatic rings. The molecule has 0 aromatic carbocycles. The van der Waals surface area contributed by atoms with Crippen LogP contribution < -0.4 is 0 Å². The highest BCUT2D eigenvalue weighted by atomic mass is 19.1. The molecule has 82 valence electrons. The van der Waals surface area contributed by atoms with Gasteiger partial charge in [0.2, 0.25) is 0 Å². The van der Waals surface area contributed by atoms with Crippen molar-refractivity contribution in [2.75, 3.05) is 39.3 Å². The second-order valence-corrected chi connectivity index (χ2v) is 4.88. The highest BCUT2D eigenvalue weighted by molar-refractivity contribution is 4.78. The number of rotatable bonds is 3. The summed E-state index contributed by atoms with van der Waals surface area (Å²) in [6, 6.07) is 0. The summed E-state index contributed by atoms with van der Waals surface area (Å²) in [6.45, 7) is 8.63. The minimum absolute atomic E-state index is 0.562. The van der Waals surface area contributed by atoms with Gasteiger partial charge in [-0.15, -0.1) is 0 Å². The predicted octanol–water partition coefficient (Wildman–Crippen LogP) is 1.37. The summed E-state index contributed by atoms with van der Waals surface area (Å²) in [4.78, 5) is 4.77. The second-order valence-electron chi connectivity index (χ2n) is 4.88. The van der Waals surface area contributed by atoms with Gasteiger partial charge in [-0.05, 0) is 25.3 Å². The van der Waals surface area contributed by atoms with Gasteiger partial charge in [0.25, 0.3) is 0 Å². The number of hydrogen-bond donors (Lipinski definition) is 0. The topological polar surface area (TPSA) is 6.48 Å². The van der Waals surface area contributed by atoms with E-state index in [2.05, 4.69) is 16.7 Å². The van der Waals surface area contributed by atoms with E-state index in [1.54, 1.807) is 0 Å². The van der Waals surface area contributed by atoms with Gasteiger partial charge < -0.3 is 4.90 Å². The minimum Gasteiger partial charge on any atom is -0.302 e. The predicted molar refractivity (Wildman–Crippen MR) is 56.2 cm³/mol. The molecule has 2 fully saturated rings. The normalized spacial score (nSPS) is 35.6. The zero-order valence-corrected chi connectivity index (χ0v) is 9.08. The standard InChI is InChI=1S/C11H21FN2/c1-10-2-4-13(8-10)6-7-14-5-3-11(12)9-14/h10-11H,2-9H2,1H3/t10?,11-/m1/s1. The van der Waals surface area contributed by atoms with Crippen molar-refractivity contribution in [1.82, 2.24) is 9.80 Å². The van der Waals surface area contributed by atoms with E-state index >= 15 is 0 Å². The molecular weight excluding hydrogens is 179 g/mol. The van der Waals surface area contributed by atoms with Gasteiger partial charge in [0.1, 0.15) is 6.17 Å². The quantitative estimate of drug-likeness (QED) is 0.679. The first-order valence-corrected chi connectivity index (χ1v) is 5.83. The van der Waals surface area contributed by atoms with Crippen molar-refractivity contribution >= 4 is 0 Å². The van der Waals surface area contributed by atoms with Crippen LogP contribution in [0.5, 0.6) is 0 Å². The van der Waals surface area contributed by atoms with Crippen LogP contribution in [0.4, 0.5) is 4.39 Å². The lowest BCUT2D eigenvalue weighted by molar-refractivity contribution is 0.238. The van der Waals surface area contributed by atoms with Crippen molar-refractivity contribution in [3.05, 3.63) is 0 Å². The van der Waals surface area contributed by atoms with Crippen LogP contribution in [0.15, 0.2) is 0 Å². The summed E-state index contributed by atoms with van der Waals surface area (Å²) < 4.78 is 12.9. The molecule has 2 heterocycles. The first-order chi connectivity index (χ1) is 6.74. The second kappa shape index (κ2) is 4.58. The Morgan fingerprint density at radius 3 is 2.21 bits per heavy atom. The third-order valence-electron chi connectivity index (χ3n) is 3.46. The number of hydrogen-bond acceptors (Lipinski definition) is 2. The molecular formula is C11H21FN2. The van der Waals surface area contributed by atoms with E-state index in [0.717, 1.165) is 32.0 Å². The lowest BCUT2D eigenvalue weighted by Gasteiger charge is -2.20. The summed E-state index contributed by atoms with van der Waals surface area (Å²) in [7, 11) is 0. The van der Waals surface area contributed by atoms with E-state index < -0.39 is 6.17 Å². The summed E-state index contributed by atoms with van der Waals surface area (Å²) >= 11 is 0. The zero-order chi connectivity index (χ0) is 9.97. The highest BCUT2D eigenvalue weighted by Crippen LogP contribution is 2.16. The van der Waals surface area contributed by atoms with Gasteiger partial charge in [-0.25, -0.2) is 4.39 Å². The Morgan fingerprint density at radius 2 is 1.71 bits per heavy atom. The Morgan fingerprint density at radius 1 is 1.07 bits per heavy atom. The van der Waals surface area contributed by atoms with Crippen LogP contribution in [-0.2, 0) is 0 Å². The molecule has 2 aliphatic heterocycles. The molecule has 0 bridgehead atoms. The van der Waals surface area contributed by atoms with Crippen LogP contribution in [0.25, 0.3) is 0 Å². The van der Waals surface area contributed by atoms with Gasteiger partial charge >= 0.3 is 0 Å². The van der Waals surface area contributed by atoms with Crippen LogP contribution in [0.3, 0.4) is 0 Å². The third kappa shape index (κ3) is 2.67. The van der Waals surface area contributed by atoms with Crippen LogP contribution in [-0.4, -0.2) is 55.2 Å². The Labute approximate surface area is 86.1 Å². The van der Waals surface area contributed by atoms with E-state index in [1.807, 2.05) is 0 Å². The lowest BCUT2D eigenvalue weighted by Crippen LogP contribution is -2.33. The summed E-state index contributed by atoms with van der Waals surface area (Å²) in [6.07, 6.45) is 1.52. The Bertz CT molecular complexity index is 166. The summed E-state index contributed by atoms with van der Waals surface area (Å²) in [5.41, 5.74) is 0. The minimum atomic E-state index is -0.562. The first kappa shape index (κ1) is 10.4. The number of likely N-dealkylation sites (tertiary alicyclic amines) is 2. The third-order valence-corrected chi connectivity index (χ3v) is 3.46. The van der Waals surface area contributed by atoms with Gasteiger partial charge in [-0.2, -0.15) is 0 Å². The Kier molecular flexibility index (Phi) is 3.39. The molecule has 0 aromatic heterocycles. The molecule has 2 atom stereocenters. The van der Waals surface area contributed by atoms with Crippen molar-refractivity contribution in [1.29, 1.82) is 0 Å². The fraction of sp³-hybridized carbons (Fsp3) is 1.00. The van der Waals surface area contributed by atoms with Gasteiger partial charge in [0.15, 0.2) is 0 Å². The highest BCUT2D eigenvalue weighted by Gasteiger charge is 2.23. The fourth-order valence-electron chi connectivity index (χ4n) is 2.50. The van der Waals surface area contributed by atoms with E-state index in [0.29, 0.717) is 6.54 Å². The SMILES string of the molecule is CC1CCN(CCN2CC[C@@H](F)C2)C1. The molecule has 0 N–H and O–H groups in total. The molecule has 2 saturated heterocycles. The molecule has 0 spiro atoms. The maximum Gasteiger partial charge on any atom is 0.114 e. The maximum absolute atomic E-state index is 12.9. The van der Waals surface area contributed by atoms with Crippen LogP contribution in [0.2, 0.25) is 0 Å². The van der Waals surface area contributed by atoms with Gasteiger partial charge in [-0.1, -0.05) is 6.92 Å². The van der Waals surface area contributed by atoms with Gasteiger partial charge in [0.05, 0.1) is 0 Å². The molecule has 2 nitrogen and oxygen atoms in total. The molecule has 1 unspecified atom stereocenters. The Hall–Kier alpha value is -0.150. The lowest BCUT2D eigenvalue weighted by atomic mass is 10.2. The van der Waals surface area contributed by atoms with Gasteiger partial charge in [0, 0.05) is 32.7 Å². The number of alkyl halides is 1. The van der Waals surface area contributed by atoms with Gasteiger partial charge in [-0.3, -0.25) is 4.90 Å². The van der Waals surface area contributed by atoms with E-state index in [-0.39, 0.29) is 0 Å². The largest absolute Gasteiger partial charge is 0.302 e. The van der Waals surface area contributed by atoms with Crippen LogP contribution >= 0.6 is 0 Å². The van der Waals surface area contributed by atoms with Crippen molar-refractivity contribution in [3.8, 4) is 0 Å². The summed E-state index contributed by atoms with van der Waals surface area (Å²) in [5.74, 6) is 0.863. The van der Waals surface area contributed by atoms with Crippen LogP contribution in [0, 0.1) is 5.92 Å². The number of halogens is 1.